The van der Waals surface area contributed by atoms with Crippen molar-refractivity contribution < 1.29 is 0 Å². The molecular formula is C14H23N3. The van der Waals surface area contributed by atoms with Gasteiger partial charge in [0.1, 0.15) is 5.82 Å². The molecule has 2 heterocycles. The number of rotatable bonds is 3. The predicted octanol–water partition coefficient (Wildman–Crippen LogP) is 2.37. The van der Waals surface area contributed by atoms with E-state index in [1.165, 1.54) is 23.4 Å². The van der Waals surface area contributed by atoms with Crippen molar-refractivity contribution in [3.63, 3.8) is 0 Å². The summed E-state index contributed by atoms with van der Waals surface area (Å²) >= 11 is 0. The van der Waals surface area contributed by atoms with Crippen molar-refractivity contribution in [2.45, 2.75) is 46.5 Å². The van der Waals surface area contributed by atoms with Crippen molar-refractivity contribution in [2.75, 3.05) is 13.1 Å². The number of hydrogen-bond acceptors (Lipinski definition) is 3. The molecule has 1 aromatic heterocycles. The molecule has 94 valence electrons. The van der Waals surface area contributed by atoms with Crippen LogP contribution in [0.4, 0.5) is 0 Å². The Hall–Kier alpha value is -0.960. The van der Waals surface area contributed by atoms with Gasteiger partial charge in [-0.3, -0.25) is 0 Å². The van der Waals surface area contributed by atoms with Gasteiger partial charge in [0.2, 0.25) is 0 Å². The van der Waals surface area contributed by atoms with Crippen LogP contribution < -0.4 is 5.32 Å². The van der Waals surface area contributed by atoms with Crippen LogP contribution in [-0.2, 0) is 6.42 Å². The minimum Gasteiger partial charge on any atom is -0.316 e. The maximum atomic E-state index is 4.64. The van der Waals surface area contributed by atoms with Gasteiger partial charge < -0.3 is 5.32 Å². The first-order valence-electron chi connectivity index (χ1n) is 6.62. The van der Waals surface area contributed by atoms with Gasteiger partial charge in [0.05, 0.1) is 0 Å². The van der Waals surface area contributed by atoms with Crippen LogP contribution in [0.2, 0.25) is 0 Å². The van der Waals surface area contributed by atoms with Crippen LogP contribution in [0.3, 0.4) is 0 Å². The Morgan fingerprint density at radius 1 is 1.24 bits per heavy atom. The molecule has 2 rings (SSSR count). The first-order chi connectivity index (χ1) is 8.08. The summed E-state index contributed by atoms with van der Waals surface area (Å²) in [5.41, 5.74) is 3.71. The van der Waals surface area contributed by atoms with Crippen molar-refractivity contribution in [2.24, 2.45) is 5.92 Å². The lowest BCUT2D eigenvalue weighted by Crippen LogP contribution is -2.14. The van der Waals surface area contributed by atoms with Gasteiger partial charge >= 0.3 is 0 Å². The third-order valence-electron chi connectivity index (χ3n) is 3.61. The molecule has 1 atom stereocenters. The summed E-state index contributed by atoms with van der Waals surface area (Å²) < 4.78 is 0. The molecule has 0 aromatic carbocycles. The van der Waals surface area contributed by atoms with E-state index in [0.717, 1.165) is 31.3 Å². The van der Waals surface area contributed by atoms with Crippen molar-refractivity contribution in [1.29, 1.82) is 0 Å². The lowest BCUT2D eigenvalue weighted by atomic mass is 9.96. The first-order valence-corrected chi connectivity index (χ1v) is 6.62. The molecule has 1 aliphatic heterocycles. The zero-order chi connectivity index (χ0) is 12.4. The van der Waals surface area contributed by atoms with Crippen LogP contribution in [-0.4, -0.2) is 23.1 Å². The Morgan fingerprint density at radius 3 is 2.35 bits per heavy atom. The Labute approximate surface area is 104 Å². The average molecular weight is 233 g/mol. The van der Waals surface area contributed by atoms with Crippen molar-refractivity contribution in [1.82, 2.24) is 15.3 Å². The summed E-state index contributed by atoms with van der Waals surface area (Å²) in [7, 11) is 0. The van der Waals surface area contributed by atoms with E-state index in [4.69, 9.17) is 0 Å². The van der Waals surface area contributed by atoms with Crippen LogP contribution in [0.5, 0.6) is 0 Å². The number of aromatic nitrogens is 2. The molecule has 3 nitrogen and oxygen atoms in total. The molecule has 17 heavy (non-hydrogen) atoms. The molecule has 3 heteroatoms. The summed E-state index contributed by atoms with van der Waals surface area (Å²) in [6, 6.07) is 0. The third kappa shape index (κ3) is 2.83. The van der Waals surface area contributed by atoms with E-state index in [-0.39, 0.29) is 0 Å². The smallest absolute Gasteiger partial charge is 0.131 e. The van der Waals surface area contributed by atoms with E-state index < -0.39 is 0 Å². The van der Waals surface area contributed by atoms with Gasteiger partial charge in [-0.05, 0) is 51.3 Å². The minimum absolute atomic E-state index is 0.412. The van der Waals surface area contributed by atoms with Gasteiger partial charge in [0.25, 0.3) is 0 Å². The third-order valence-corrected chi connectivity index (χ3v) is 3.61. The second-order valence-corrected chi connectivity index (χ2v) is 5.45. The number of nitrogens with one attached hydrogen (secondary N) is 1. The molecule has 1 aromatic rings. The molecule has 0 aliphatic carbocycles. The molecule has 0 amide bonds. The van der Waals surface area contributed by atoms with E-state index in [9.17, 15) is 0 Å². The lowest BCUT2D eigenvalue weighted by Gasteiger charge is -2.15. The number of aryl methyl sites for hydroxylation is 2. The first kappa shape index (κ1) is 12.5. The summed E-state index contributed by atoms with van der Waals surface area (Å²) in [5, 5.41) is 3.42. The largest absolute Gasteiger partial charge is 0.316 e. The topological polar surface area (TPSA) is 37.8 Å². The van der Waals surface area contributed by atoms with E-state index in [1.807, 2.05) is 0 Å². The zero-order valence-corrected chi connectivity index (χ0v) is 11.4. The van der Waals surface area contributed by atoms with Gasteiger partial charge in [-0.2, -0.15) is 0 Å². The van der Waals surface area contributed by atoms with Crippen LogP contribution in [0.15, 0.2) is 0 Å². The molecular weight excluding hydrogens is 210 g/mol. The Kier molecular flexibility index (Phi) is 3.77. The molecule has 0 bridgehead atoms. The summed E-state index contributed by atoms with van der Waals surface area (Å²) in [6.45, 7) is 10.8. The predicted molar refractivity (Wildman–Crippen MR) is 70.3 cm³/mol. The minimum atomic E-state index is 0.412. The van der Waals surface area contributed by atoms with Crippen LogP contribution in [0.25, 0.3) is 0 Å². The molecule has 0 saturated carbocycles. The van der Waals surface area contributed by atoms with Gasteiger partial charge in [0, 0.05) is 17.3 Å². The highest BCUT2D eigenvalue weighted by Gasteiger charge is 2.18. The fraction of sp³-hybridized carbons (Fsp3) is 0.714. The average Bonchev–Trinajstić information content (AvgIpc) is 2.75. The normalized spacial score (nSPS) is 20.2. The highest BCUT2D eigenvalue weighted by atomic mass is 14.9. The summed E-state index contributed by atoms with van der Waals surface area (Å²) in [5.74, 6) is 2.16. The monoisotopic (exact) mass is 233 g/mol. The Bertz CT molecular complexity index is 369. The second kappa shape index (κ2) is 5.13. The molecule has 1 aliphatic rings. The van der Waals surface area contributed by atoms with E-state index in [1.54, 1.807) is 0 Å². The Morgan fingerprint density at radius 2 is 1.88 bits per heavy atom. The molecule has 1 fully saturated rings. The molecule has 1 saturated heterocycles. The van der Waals surface area contributed by atoms with Crippen molar-refractivity contribution >= 4 is 0 Å². The molecule has 0 radical (unpaired) electrons. The van der Waals surface area contributed by atoms with E-state index in [2.05, 4.69) is 43.0 Å². The van der Waals surface area contributed by atoms with Crippen LogP contribution in [0, 0.1) is 19.8 Å². The van der Waals surface area contributed by atoms with E-state index >= 15 is 0 Å². The Balaban J connectivity index is 2.21. The van der Waals surface area contributed by atoms with E-state index in [0.29, 0.717) is 5.92 Å². The van der Waals surface area contributed by atoms with Crippen molar-refractivity contribution in [3.05, 3.63) is 22.8 Å². The maximum absolute atomic E-state index is 4.64. The van der Waals surface area contributed by atoms with Crippen LogP contribution >= 0.6 is 0 Å². The fourth-order valence-electron chi connectivity index (χ4n) is 2.50. The SMILES string of the molecule is Cc1nc(C(C)C)nc(C)c1CC1CCNC1. The highest BCUT2D eigenvalue weighted by Crippen LogP contribution is 2.21. The second-order valence-electron chi connectivity index (χ2n) is 5.45. The quantitative estimate of drug-likeness (QED) is 0.871. The molecule has 1 N–H and O–H groups in total. The van der Waals surface area contributed by atoms with Gasteiger partial charge in [-0.15, -0.1) is 0 Å². The zero-order valence-electron chi connectivity index (χ0n) is 11.4. The standard InChI is InChI=1S/C14H23N3/c1-9(2)14-16-10(3)13(11(4)17-14)7-12-5-6-15-8-12/h9,12,15H,5-8H2,1-4H3. The van der Waals surface area contributed by atoms with Gasteiger partial charge in [-0.1, -0.05) is 13.8 Å². The van der Waals surface area contributed by atoms with Crippen LogP contribution in [0.1, 0.15) is 49.0 Å². The highest BCUT2D eigenvalue weighted by molar-refractivity contribution is 5.25. The summed E-state index contributed by atoms with van der Waals surface area (Å²) in [4.78, 5) is 9.29. The fourth-order valence-corrected chi connectivity index (χ4v) is 2.50. The lowest BCUT2D eigenvalue weighted by molar-refractivity contribution is 0.571. The van der Waals surface area contributed by atoms with Gasteiger partial charge in [0.15, 0.2) is 0 Å². The molecule has 0 spiro atoms. The van der Waals surface area contributed by atoms with Gasteiger partial charge in [-0.25, -0.2) is 9.97 Å². The number of nitrogens with zero attached hydrogens (tertiary/aromatic N) is 2. The number of hydrogen-bond donors (Lipinski definition) is 1. The maximum Gasteiger partial charge on any atom is 0.131 e. The van der Waals surface area contributed by atoms with Crippen molar-refractivity contribution in [3.8, 4) is 0 Å². The molecule has 1 unspecified atom stereocenters. The summed E-state index contributed by atoms with van der Waals surface area (Å²) in [6.07, 6.45) is 2.41.